The predicted octanol–water partition coefficient (Wildman–Crippen LogP) is -5.12. The largest absolute Gasteiger partial charge is 0.548 e. The highest BCUT2D eigenvalue weighted by Crippen LogP contribution is 1.97. The molecular weight excluding hydrogens is 224 g/mol. The first-order valence-electron chi connectivity index (χ1n) is 5.95. The first kappa shape index (κ1) is 15.8. The molecule has 0 saturated heterocycles. The molecule has 0 aromatic heterocycles. The van der Waals surface area contributed by atoms with E-state index in [1.165, 1.54) is 0 Å². The molecule has 10 N–H and O–H groups in total. The Morgan fingerprint density at radius 1 is 1.12 bits per heavy atom. The van der Waals surface area contributed by atoms with Gasteiger partial charge in [0.25, 0.3) is 5.91 Å². The summed E-state index contributed by atoms with van der Waals surface area (Å²) in [6.45, 7) is 1.37. The summed E-state index contributed by atoms with van der Waals surface area (Å²) in [7, 11) is 0. The Morgan fingerprint density at radius 3 is 2.12 bits per heavy atom. The van der Waals surface area contributed by atoms with Gasteiger partial charge in [-0.2, -0.15) is 0 Å². The summed E-state index contributed by atoms with van der Waals surface area (Å²) in [6.07, 6.45) is 2.40. The summed E-state index contributed by atoms with van der Waals surface area (Å²) >= 11 is 0. The molecule has 0 aliphatic carbocycles. The number of rotatable bonds is 9. The van der Waals surface area contributed by atoms with E-state index in [1.807, 2.05) is 0 Å². The molecule has 0 rings (SSSR count). The summed E-state index contributed by atoms with van der Waals surface area (Å²) in [5.41, 5.74) is 11.0. The zero-order chi connectivity index (χ0) is 13.3. The second-order valence-electron chi connectivity index (χ2n) is 4.07. The highest BCUT2D eigenvalue weighted by Gasteiger charge is 2.21. The molecule has 0 fully saturated rings. The van der Waals surface area contributed by atoms with Crippen LogP contribution in [-0.4, -0.2) is 37.0 Å². The minimum absolute atomic E-state index is 0.336. The van der Waals surface area contributed by atoms with E-state index in [0.717, 1.165) is 13.0 Å². The number of carboxylic acids is 1. The second-order valence-corrected chi connectivity index (χ2v) is 4.07. The molecule has 0 aliphatic heterocycles. The van der Waals surface area contributed by atoms with Crippen molar-refractivity contribution in [1.82, 2.24) is 5.32 Å². The highest BCUT2D eigenvalue weighted by atomic mass is 16.4. The number of nitrogens with one attached hydrogen (secondary N) is 1. The van der Waals surface area contributed by atoms with Crippen LogP contribution >= 0.6 is 0 Å². The average Bonchev–Trinajstić information content (AvgIpc) is 2.30. The number of carbonyl (C=O) groups is 2. The molecule has 7 heteroatoms. The molecule has 0 saturated carbocycles. The maximum absolute atomic E-state index is 11.6. The van der Waals surface area contributed by atoms with Gasteiger partial charge in [-0.15, -0.1) is 0 Å². The van der Waals surface area contributed by atoms with Gasteiger partial charge in [0.1, 0.15) is 0 Å². The topological polar surface area (TPSA) is 152 Å². The fourth-order valence-corrected chi connectivity index (χ4v) is 1.41. The third kappa shape index (κ3) is 6.88. The molecule has 0 spiro atoms. The van der Waals surface area contributed by atoms with E-state index < -0.39 is 18.1 Å². The van der Waals surface area contributed by atoms with Crippen molar-refractivity contribution >= 4 is 11.9 Å². The lowest BCUT2D eigenvalue weighted by Crippen LogP contribution is -2.69. The van der Waals surface area contributed by atoms with Crippen molar-refractivity contribution in [3.63, 3.8) is 0 Å². The van der Waals surface area contributed by atoms with Crippen LogP contribution in [0.15, 0.2) is 0 Å². The maximum Gasteiger partial charge on any atom is 0.278 e. The number of quaternary nitrogens is 3. The van der Waals surface area contributed by atoms with Crippen LogP contribution in [0, 0.1) is 0 Å². The Labute approximate surface area is 101 Å². The number of hydrogen-bond acceptors (Lipinski definition) is 3. The zero-order valence-corrected chi connectivity index (χ0v) is 10.2. The molecule has 0 aliphatic rings. The predicted molar refractivity (Wildman–Crippen MR) is 57.6 cm³/mol. The molecule has 0 radical (unpaired) electrons. The van der Waals surface area contributed by atoms with E-state index >= 15 is 0 Å². The van der Waals surface area contributed by atoms with E-state index in [9.17, 15) is 14.7 Å². The van der Waals surface area contributed by atoms with Crippen molar-refractivity contribution in [1.29, 1.82) is 0 Å². The summed E-state index contributed by atoms with van der Waals surface area (Å²) in [5.74, 6) is -1.59. The second kappa shape index (κ2) is 8.91. The van der Waals surface area contributed by atoms with Crippen LogP contribution in [0.4, 0.5) is 0 Å². The van der Waals surface area contributed by atoms with Gasteiger partial charge in [-0.1, -0.05) is 0 Å². The Morgan fingerprint density at radius 2 is 1.65 bits per heavy atom. The van der Waals surface area contributed by atoms with Crippen LogP contribution in [0.5, 0.6) is 0 Å². The molecule has 1 amide bonds. The molecule has 0 bridgehead atoms. The molecule has 0 aromatic carbocycles. The van der Waals surface area contributed by atoms with Gasteiger partial charge in [-0.3, -0.25) is 4.79 Å². The molecule has 0 unspecified atom stereocenters. The van der Waals surface area contributed by atoms with Crippen LogP contribution in [0.2, 0.25) is 0 Å². The fourth-order valence-electron chi connectivity index (χ4n) is 1.41. The first-order valence-corrected chi connectivity index (χ1v) is 5.95. The first-order chi connectivity index (χ1) is 8.02. The lowest BCUT2D eigenvalue weighted by molar-refractivity contribution is -0.411. The number of carboxylic acid groups (broad SMARTS) is 1. The van der Waals surface area contributed by atoms with Gasteiger partial charge >= 0.3 is 0 Å². The van der Waals surface area contributed by atoms with E-state index in [0.29, 0.717) is 25.8 Å². The summed E-state index contributed by atoms with van der Waals surface area (Å²) in [5, 5.41) is 13.2. The van der Waals surface area contributed by atoms with Crippen molar-refractivity contribution in [2.45, 2.75) is 37.8 Å². The number of aliphatic carboxylic acids is 1. The third-order valence-electron chi connectivity index (χ3n) is 2.52. The lowest BCUT2D eigenvalue weighted by Gasteiger charge is -2.20. The Kier molecular flexibility index (Phi) is 8.29. The van der Waals surface area contributed by atoms with Crippen molar-refractivity contribution in [3.05, 3.63) is 0 Å². The average molecular weight is 248 g/mol. The van der Waals surface area contributed by atoms with E-state index in [1.54, 1.807) is 0 Å². The van der Waals surface area contributed by atoms with Gasteiger partial charge in [-0.05, 0) is 12.8 Å². The minimum Gasteiger partial charge on any atom is -0.548 e. The molecule has 17 heavy (non-hydrogen) atoms. The molecule has 0 heterocycles. The monoisotopic (exact) mass is 248 g/mol. The summed E-state index contributed by atoms with van der Waals surface area (Å²) in [6, 6.07) is -1.37. The Hall–Kier alpha value is -1.18. The summed E-state index contributed by atoms with van der Waals surface area (Å²) < 4.78 is 0. The smallest absolute Gasteiger partial charge is 0.278 e. The van der Waals surface area contributed by atoms with Gasteiger partial charge in [0.15, 0.2) is 6.04 Å². The van der Waals surface area contributed by atoms with Crippen molar-refractivity contribution in [2.75, 3.05) is 13.1 Å². The van der Waals surface area contributed by atoms with Crippen molar-refractivity contribution in [3.8, 4) is 0 Å². The van der Waals surface area contributed by atoms with Crippen molar-refractivity contribution in [2.24, 2.45) is 0 Å². The normalized spacial score (nSPS) is 14.1. The van der Waals surface area contributed by atoms with Gasteiger partial charge in [0, 0.05) is 12.8 Å². The molecular formula is C10H24N4O3+2. The van der Waals surface area contributed by atoms with Crippen LogP contribution < -0.4 is 27.6 Å². The van der Waals surface area contributed by atoms with Crippen LogP contribution in [0.25, 0.3) is 0 Å². The minimum atomic E-state index is -1.25. The van der Waals surface area contributed by atoms with Crippen LogP contribution in [0.3, 0.4) is 0 Å². The Balaban J connectivity index is 4.15. The van der Waals surface area contributed by atoms with Gasteiger partial charge in [0.05, 0.1) is 25.1 Å². The maximum atomic E-state index is 11.6. The molecule has 0 aromatic rings. The zero-order valence-electron chi connectivity index (χ0n) is 10.2. The fraction of sp³-hybridized carbons (Fsp3) is 0.800. The molecule has 2 atom stereocenters. The van der Waals surface area contributed by atoms with Gasteiger partial charge < -0.3 is 32.4 Å². The number of carbonyl (C=O) groups excluding carboxylic acids is 2. The summed E-state index contributed by atoms with van der Waals surface area (Å²) in [4.78, 5) is 22.4. The van der Waals surface area contributed by atoms with E-state index in [2.05, 4.69) is 22.5 Å². The standard InChI is InChI=1S/C10H22N4O3/c11-5-1-3-7(13)9(15)14-8(10(16)17)4-2-6-12/h7-8H,1-6,11-13H2,(H,14,15)(H,16,17)/p+2/t7-,8-/m0/s1. The third-order valence-corrected chi connectivity index (χ3v) is 2.52. The van der Waals surface area contributed by atoms with E-state index in [4.69, 9.17) is 0 Å². The number of hydrogen-bond donors (Lipinski definition) is 4. The van der Waals surface area contributed by atoms with E-state index in [-0.39, 0.29) is 5.91 Å². The SMILES string of the molecule is [NH3+]CCC[C@H](NC(=O)[C@@H]([NH3+])CCC[NH3+])C(=O)[O-]. The van der Waals surface area contributed by atoms with Crippen molar-refractivity contribution < 1.29 is 31.9 Å². The molecule has 100 valence electrons. The Bertz CT molecular complexity index is 248. The van der Waals surface area contributed by atoms with Crippen LogP contribution in [-0.2, 0) is 9.59 Å². The molecule has 7 nitrogen and oxygen atoms in total. The van der Waals surface area contributed by atoms with Gasteiger partial charge in [-0.25, -0.2) is 0 Å². The number of amides is 1. The van der Waals surface area contributed by atoms with Gasteiger partial charge in [0.2, 0.25) is 0 Å². The quantitative estimate of drug-likeness (QED) is 0.323. The van der Waals surface area contributed by atoms with Crippen LogP contribution in [0.1, 0.15) is 25.7 Å². The lowest BCUT2D eigenvalue weighted by atomic mass is 10.1. The highest BCUT2D eigenvalue weighted by molar-refractivity contribution is 5.85.